The van der Waals surface area contributed by atoms with Crippen LogP contribution in [0.4, 0.5) is 0 Å². The number of nitrogens with two attached hydrogens (primary N) is 1. The molecule has 0 aliphatic carbocycles. The van der Waals surface area contributed by atoms with Crippen molar-refractivity contribution in [1.29, 1.82) is 0 Å². The van der Waals surface area contributed by atoms with Crippen LogP contribution >= 0.6 is 0 Å². The van der Waals surface area contributed by atoms with Gasteiger partial charge in [0.15, 0.2) is 0 Å². The Morgan fingerprint density at radius 1 is 1.45 bits per heavy atom. The molecule has 0 spiro atoms. The first-order valence-corrected chi connectivity index (χ1v) is 4.49. The van der Waals surface area contributed by atoms with Crippen LogP contribution in [0.3, 0.4) is 0 Å². The molecule has 1 unspecified atom stereocenters. The molecule has 0 aromatic rings. The summed E-state index contributed by atoms with van der Waals surface area (Å²) in [5.74, 6) is 0.701. The molecule has 3 N–H and O–H groups in total. The summed E-state index contributed by atoms with van der Waals surface area (Å²) < 4.78 is 0. The van der Waals surface area contributed by atoms with Gasteiger partial charge in [0, 0.05) is 12.1 Å². The fourth-order valence-electron chi connectivity index (χ4n) is 0.792. The van der Waals surface area contributed by atoms with Gasteiger partial charge in [-0.05, 0) is 25.8 Å². The predicted octanol–water partition coefficient (Wildman–Crippen LogP) is 1.36. The van der Waals surface area contributed by atoms with E-state index >= 15 is 0 Å². The molecule has 0 aliphatic rings. The Bertz CT molecular complexity index is 95.7. The molecule has 0 heterocycles. The Kier molecular flexibility index (Phi) is 4.69. The van der Waals surface area contributed by atoms with Gasteiger partial charge in [-0.15, -0.1) is 0 Å². The summed E-state index contributed by atoms with van der Waals surface area (Å²) in [5, 5.41) is 3.47. The summed E-state index contributed by atoms with van der Waals surface area (Å²) in [4.78, 5) is 0. The minimum Gasteiger partial charge on any atom is -0.329 e. The lowest BCUT2D eigenvalue weighted by atomic mass is 9.98. The Morgan fingerprint density at radius 3 is 2.27 bits per heavy atom. The number of nitrogens with one attached hydrogen (secondary N) is 1. The van der Waals surface area contributed by atoms with Gasteiger partial charge in [0.05, 0.1) is 0 Å². The Hall–Kier alpha value is -0.0800. The second-order valence-corrected chi connectivity index (χ2v) is 3.89. The number of rotatable bonds is 5. The molecule has 0 saturated heterocycles. The van der Waals surface area contributed by atoms with Crippen LogP contribution < -0.4 is 11.1 Å². The first-order valence-electron chi connectivity index (χ1n) is 4.49. The molecule has 0 rings (SSSR count). The molecule has 0 aromatic carbocycles. The summed E-state index contributed by atoms with van der Waals surface area (Å²) in [7, 11) is 0. The standard InChI is InChI=1S/C9H22N2/c1-5-9(4,7-10)11-6-8(2)3/h8,11H,5-7,10H2,1-4H3. The molecule has 1 atom stereocenters. The Morgan fingerprint density at radius 2 is 2.00 bits per heavy atom. The molecule has 2 heteroatoms. The molecule has 0 fully saturated rings. The van der Waals surface area contributed by atoms with Gasteiger partial charge in [0.25, 0.3) is 0 Å². The summed E-state index contributed by atoms with van der Waals surface area (Å²) in [6.45, 7) is 10.5. The van der Waals surface area contributed by atoms with Crippen molar-refractivity contribution in [1.82, 2.24) is 5.32 Å². The lowest BCUT2D eigenvalue weighted by Crippen LogP contribution is -2.49. The maximum atomic E-state index is 5.64. The fourth-order valence-corrected chi connectivity index (χ4v) is 0.792. The van der Waals surface area contributed by atoms with Crippen molar-refractivity contribution in [2.24, 2.45) is 11.7 Å². The molecule has 0 aliphatic heterocycles. The van der Waals surface area contributed by atoms with Gasteiger partial charge < -0.3 is 11.1 Å². The topological polar surface area (TPSA) is 38.0 Å². The molecular formula is C9H22N2. The van der Waals surface area contributed by atoms with E-state index in [-0.39, 0.29) is 5.54 Å². The van der Waals surface area contributed by atoms with Crippen molar-refractivity contribution in [3.8, 4) is 0 Å². The van der Waals surface area contributed by atoms with Crippen molar-refractivity contribution in [3.63, 3.8) is 0 Å². The molecule has 0 amide bonds. The molecule has 68 valence electrons. The molecule has 0 saturated carbocycles. The van der Waals surface area contributed by atoms with Crippen molar-refractivity contribution < 1.29 is 0 Å². The van der Waals surface area contributed by atoms with Crippen LogP contribution in [0.2, 0.25) is 0 Å². The minimum atomic E-state index is 0.143. The highest BCUT2D eigenvalue weighted by Crippen LogP contribution is 2.06. The second-order valence-electron chi connectivity index (χ2n) is 3.89. The average molecular weight is 158 g/mol. The monoisotopic (exact) mass is 158 g/mol. The van der Waals surface area contributed by atoms with Crippen LogP contribution in [0.25, 0.3) is 0 Å². The molecule has 0 radical (unpaired) electrons. The summed E-state index contributed by atoms with van der Waals surface area (Å²) in [6, 6.07) is 0. The third-order valence-electron chi connectivity index (χ3n) is 2.17. The summed E-state index contributed by atoms with van der Waals surface area (Å²) >= 11 is 0. The zero-order chi connectivity index (χ0) is 8.91. The largest absolute Gasteiger partial charge is 0.329 e. The second kappa shape index (κ2) is 4.73. The van der Waals surface area contributed by atoms with Gasteiger partial charge in [0.1, 0.15) is 0 Å². The number of hydrogen-bond acceptors (Lipinski definition) is 2. The SMILES string of the molecule is CCC(C)(CN)NCC(C)C. The molecule has 11 heavy (non-hydrogen) atoms. The van der Waals surface area contributed by atoms with Crippen molar-refractivity contribution >= 4 is 0 Å². The quantitative estimate of drug-likeness (QED) is 0.634. The van der Waals surface area contributed by atoms with Crippen LogP contribution in [-0.4, -0.2) is 18.6 Å². The Balaban J connectivity index is 3.69. The third-order valence-corrected chi connectivity index (χ3v) is 2.17. The van der Waals surface area contributed by atoms with Gasteiger partial charge >= 0.3 is 0 Å². The van der Waals surface area contributed by atoms with Crippen molar-refractivity contribution in [3.05, 3.63) is 0 Å². The van der Waals surface area contributed by atoms with E-state index in [2.05, 4.69) is 33.0 Å². The van der Waals surface area contributed by atoms with E-state index < -0.39 is 0 Å². The van der Waals surface area contributed by atoms with Crippen molar-refractivity contribution in [2.75, 3.05) is 13.1 Å². The predicted molar refractivity (Wildman–Crippen MR) is 50.6 cm³/mol. The minimum absolute atomic E-state index is 0.143. The lowest BCUT2D eigenvalue weighted by Gasteiger charge is -2.29. The fraction of sp³-hybridized carbons (Fsp3) is 1.00. The molecule has 0 bridgehead atoms. The highest BCUT2D eigenvalue weighted by atomic mass is 15.0. The van der Waals surface area contributed by atoms with Crippen LogP contribution in [0.5, 0.6) is 0 Å². The lowest BCUT2D eigenvalue weighted by molar-refractivity contribution is 0.333. The van der Waals surface area contributed by atoms with E-state index in [1.54, 1.807) is 0 Å². The maximum Gasteiger partial charge on any atom is 0.0273 e. The first kappa shape index (κ1) is 10.9. The maximum absolute atomic E-state index is 5.64. The zero-order valence-corrected chi connectivity index (χ0v) is 8.28. The third kappa shape index (κ3) is 4.38. The van der Waals surface area contributed by atoms with Gasteiger partial charge in [-0.1, -0.05) is 20.8 Å². The van der Waals surface area contributed by atoms with E-state index in [9.17, 15) is 0 Å². The van der Waals surface area contributed by atoms with Gasteiger partial charge in [-0.3, -0.25) is 0 Å². The van der Waals surface area contributed by atoms with E-state index in [0.29, 0.717) is 5.92 Å². The zero-order valence-electron chi connectivity index (χ0n) is 8.28. The molecule has 2 nitrogen and oxygen atoms in total. The smallest absolute Gasteiger partial charge is 0.0273 e. The highest BCUT2D eigenvalue weighted by molar-refractivity contribution is 4.82. The van der Waals surface area contributed by atoms with Gasteiger partial charge in [0.2, 0.25) is 0 Å². The summed E-state index contributed by atoms with van der Waals surface area (Å²) in [5.41, 5.74) is 5.78. The normalized spacial score (nSPS) is 16.9. The summed E-state index contributed by atoms with van der Waals surface area (Å²) in [6.07, 6.45) is 1.09. The molecule has 0 aromatic heterocycles. The Labute approximate surface area is 70.5 Å². The van der Waals surface area contributed by atoms with E-state index in [1.807, 2.05) is 0 Å². The van der Waals surface area contributed by atoms with Crippen LogP contribution in [0.15, 0.2) is 0 Å². The van der Waals surface area contributed by atoms with Crippen LogP contribution in [0, 0.1) is 5.92 Å². The first-order chi connectivity index (χ1) is 5.04. The van der Waals surface area contributed by atoms with E-state index in [0.717, 1.165) is 19.5 Å². The van der Waals surface area contributed by atoms with E-state index in [4.69, 9.17) is 5.73 Å². The number of hydrogen-bond donors (Lipinski definition) is 2. The van der Waals surface area contributed by atoms with Crippen LogP contribution in [-0.2, 0) is 0 Å². The highest BCUT2D eigenvalue weighted by Gasteiger charge is 2.18. The molecular weight excluding hydrogens is 136 g/mol. The van der Waals surface area contributed by atoms with E-state index in [1.165, 1.54) is 0 Å². The average Bonchev–Trinajstić information content (AvgIpc) is 2.00. The van der Waals surface area contributed by atoms with Crippen molar-refractivity contribution in [2.45, 2.75) is 39.7 Å². The van der Waals surface area contributed by atoms with Crippen LogP contribution in [0.1, 0.15) is 34.1 Å². The van der Waals surface area contributed by atoms with Gasteiger partial charge in [-0.25, -0.2) is 0 Å². The van der Waals surface area contributed by atoms with Gasteiger partial charge in [-0.2, -0.15) is 0 Å².